The summed E-state index contributed by atoms with van der Waals surface area (Å²) < 4.78 is 13.8. The summed E-state index contributed by atoms with van der Waals surface area (Å²) >= 11 is 7.27. The van der Waals surface area contributed by atoms with Gasteiger partial charge in [0.25, 0.3) is 5.91 Å². The van der Waals surface area contributed by atoms with Crippen molar-refractivity contribution in [3.05, 3.63) is 45.2 Å². The van der Waals surface area contributed by atoms with Gasteiger partial charge >= 0.3 is 0 Å². The zero-order valence-electron chi connectivity index (χ0n) is 12.6. The molecule has 1 saturated carbocycles. The highest BCUT2D eigenvalue weighted by atomic mass is 35.5. The molecule has 1 aromatic carbocycles. The van der Waals surface area contributed by atoms with Crippen molar-refractivity contribution in [3.8, 4) is 0 Å². The van der Waals surface area contributed by atoms with E-state index in [1.165, 1.54) is 37.3 Å². The van der Waals surface area contributed by atoms with Gasteiger partial charge in [-0.05, 0) is 36.9 Å². The Bertz CT molecular complexity index is 612. The predicted octanol–water partition coefficient (Wildman–Crippen LogP) is 3.64. The van der Waals surface area contributed by atoms with Crippen LogP contribution in [-0.4, -0.2) is 5.91 Å². The van der Waals surface area contributed by atoms with E-state index in [0.717, 1.165) is 18.5 Å². The molecule has 1 heterocycles. The maximum Gasteiger partial charge on any atom is 0.261 e. The molecule has 0 aromatic heterocycles. The van der Waals surface area contributed by atoms with Gasteiger partial charge in [-0.1, -0.05) is 36.9 Å². The summed E-state index contributed by atoms with van der Waals surface area (Å²) in [6.45, 7) is 0.0757. The number of amides is 1. The van der Waals surface area contributed by atoms with Crippen LogP contribution in [0.25, 0.3) is 0 Å². The van der Waals surface area contributed by atoms with Crippen molar-refractivity contribution >= 4 is 29.5 Å². The van der Waals surface area contributed by atoms with Crippen LogP contribution >= 0.6 is 23.5 Å². The van der Waals surface area contributed by atoms with Crippen molar-refractivity contribution in [1.82, 2.24) is 15.6 Å². The first kappa shape index (κ1) is 16.6. The summed E-state index contributed by atoms with van der Waals surface area (Å²) in [4.78, 5) is 16.1. The lowest BCUT2D eigenvalue weighted by Gasteiger charge is -2.23. The first-order valence-corrected chi connectivity index (χ1v) is 8.99. The predicted molar refractivity (Wildman–Crippen MR) is 90.7 cm³/mol. The van der Waals surface area contributed by atoms with Gasteiger partial charge < -0.3 is 10.7 Å². The van der Waals surface area contributed by atoms with E-state index in [0.29, 0.717) is 21.4 Å². The fraction of sp³-hybridized carbons (Fsp3) is 0.438. The summed E-state index contributed by atoms with van der Waals surface area (Å²) in [5.41, 5.74) is 4.39. The number of hydrazine groups is 1. The fourth-order valence-corrected chi connectivity index (χ4v) is 4.03. The van der Waals surface area contributed by atoms with E-state index in [1.807, 2.05) is 0 Å². The average Bonchev–Trinajstić information content (AvgIpc) is 3.05. The lowest BCUT2D eigenvalue weighted by molar-refractivity contribution is -0.117. The first-order valence-electron chi connectivity index (χ1n) is 7.80. The van der Waals surface area contributed by atoms with Gasteiger partial charge in [0.1, 0.15) is 10.7 Å². The Hall–Kier alpha value is -1.24. The van der Waals surface area contributed by atoms with E-state index in [2.05, 4.69) is 15.6 Å². The van der Waals surface area contributed by atoms with Crippen LogP contribution in [0.4, 0.5) is 4.39 Å². The Balaban J connectivity index is 1.69. The number of benzene rings is 1. The molecule has 7 heteroatoms. The monoisotopic (exact) mass is 355 g/mol. The molecule has 0 atom stereocenters. The number of carbonyl (C=O) groups is 1. The molecule has 0 bridgehead atoms. The van der Waals surface area contributed by atoms with E-state index in [4.69, 9.17) is 11.6 Å². The molecule has 2 aliphatic rings. The van der Waals surface area contributed by atoms with Crippen LogP contribution < -0.4 is 15.6 Å². The first-order chi connectivity index (χ1) is 11.2. The molecule has 1 aromatic rings. The van der Waals surface area contributed by atoms with Crippen LogP contribution in [0.15, 0.2) is 28.8 Å². The maximum absolute atomic E-state index is 13.8. The van der Waals surface area contributed by atoms with Crippen molar-refractivity contribution in [2.45, 2.75) is 38.6 Å². The number of halogens is 2. The highest BCUT2D eigenvalue weighted by molar-refractivity contribution is 8.02. The third-order valence-corrected chi connectivity index (χ3v) is 5.46. The molecular formula is C16H19ClFN3OS. The number of carbonyl (C=O) groups excluding carboxylic acids is 1. The molecule has 4 nitrogen and oxygen atoms in total. The zero-order valence-corrected chi connectivity index (χ0v) is 14.2. The average molecular weight is 356 g/mol. The standard InChI is InChI=1S/C16H19ClFN3OS/c17-12-7-4-8-13(18)11(12)9-19-16(22)15-14(20-21-23-15)10-5-2-1-3-6-10/h4,7-8,10,20-21H,1-3,5-6,9H2,(H,19,22). The zero-order chi connectivity index (χ0) is 16.2. The SMILES string of the molecule is O=C(NCc1c(F)cccc1Cl)C1=C(C2CCCCC2)NNS1. The molecular weight excluding hydrogens is 337 g/mol. The lowest BCUT2D eigenvalue weighted by Crippen LogP contribution is -2.28. The molecule has 3 rings (SSSR count). The molecule has 23 heavy (non-hydrogen) atoms. The Labute approximate surface area is 144 Å². The van der Waals surface area contributed by atoms with Crippen LogP contribution in [-0.2, 0) is 11.3 Å². The van der Waals surface area contributed by atoms with Crippen LogP contribution in [0.2, 0.25) is 5.02 Å². The normalized spacial score (nSPS) is 18.9. The summed E-state index contributed by atoms with van der Waals surface area (Å²) in [5.74, 6) is -0.217. The summed E-state index contributed by atoms with van der Waals surface area (Å²) in [6.07, 6.45) is 5.85. The minimum absolute atomic E-state index is 0.0757. The van der Waals surface area contributed by atoms with E-state index in [9.17, 15) is 9.18 Å². The molecule has 0 unspecified atom stereocenters. The second-order valence-electron chi connectivity index (χ2n) is 5.79. The second kappa shape index (κ2) is 7.55. The van der Waals surface area contributed by atoms with Gasteiger partial charge in [0, 0.05) is 23.0 Å². The lowest BCUT2D eigenvalue weighted by atomic mass is 9.86. The minimum Gasteiger partial charge on any atom is -0.347 e. The maximum atomic E-state index is 13.8. The smallest absolute Gasteiger partial charge is 0.261 e. The minimum atomic E-state index is -0.408. The highest BCUT2D eigenvalue weighted by Crippen LogP contribution is 2.34. The molecule has 1 aliphatic carbocycles. The Morgan fingerprint density at radius 1 is 1.35 bits per heavy atom. The Kier molecular flexibility index (Phi) is 5.46. The van der Waals surface area contributed by atoms with Crippen molar-refractivity contribution in [3.63, 3.8) is 0 Å². The molecule has 0 saturated heterocycles. The molecule has 124 valence electrons. The number of rotatable bonds is 4. The summed E-state index contributed by atoms with van der Waals surface area (Å²) in [7, 11) is 0. The molecule has 1 fully saturated rings. The van der Waals surface area contributed by atoms with E-state index >= 15 is 0 Å². The number of hydrogen-bond donors (Lipinski definition) is 3. The van der Waals surface area contributed by atoms with Crippen molar-refractivity contribution in [2.75, 3.05) is 0 Å². The number of hydrogen-bond acceptors (Lipinski definition) is 4. The summed E-state index contributed by atoms with van der Waals surface area (Å²) in [5, 5.41) is 3.09. The molecule has 3 N–H and O–H groups in total. The Morgan fingerprint density at radius 2 is 2.13 bits per heavy atom. The van der Waals surface area contributed by atoms with Gasteiger partial charge in [0.2, 0.25) is 0 Å². The number of nitrogens with one attached hydrogen (secondary N) is 3. The van der Waals surface area contributed by atoms with Crippen LogP contribution in [0.3, 0.4) is 0 Å². The van der Waals surface area contributed by atoms with Gasteiger partial charge in [-0.15, -0.1) is 0 Å². The molecule has 1 amide bonds. The molecule has 0 radical (unpaired) electrons. The van der Waals surface area contributed by atoms with Crippen molar-refractivity contribution in [2.24, 2.45) is 5.92 Å². The van der Waals surface area contributed by atoms with Crippen LogP contribution in [0, 0.1) is 11.7 Å². The van der Waals surface area contributed by atoms with Crippen LogP contribution in [0.5, 0.6) is 0 Å². The van der Waals surface area contributed by atoms with Gasteiger partial charge in [-0.25, -0.2) is 4.39 Å². The third-order valence-electron chi connectivity index (χ3n) is 4.29. The van der Waals surface area contributed by atoms with Gasteiger partial charge in [0.05, 0.1) is 5.70 Å². The second-order valence-corrected chi connectivity index (χ2v) is 7.01. The Morgan fingerprint density at radius 3 is 2.87 bits per heavy atom. The third kappa shape index (κ3) is 3.82. The van der Waals surface area contributed by atoms with Gasteiger partial charge in [0.15, 0.2) is 0 Å². The van der Waals surface area contributed by atoms with Crippen molar-refractivity contribution in [1.29, 1.82) is 0 Å². The fourth-order valence-electron chi connectivity index (χ4n) is 3.04. The van der Waals surface area contributed by atoms with Gasteiger partial charge in [-0.3, -0.25) is 4.79 Å². The van der Waals surface area contributed by atoms with Crippen molar-refractivity contribution < 1.29 is 9.18 Å². The quantitative estimate of drug-likeness (QED) is 0.722. The molecule has 0 spiro atoms. The van der Waals surface area contributed by atoms with E-state index in [-0.39, 0.29) is 12.5 Å². The molecule has 1 aliphatic heterocycles. The topological polar surface area (TPSA) is 53.2 Å². The van der Waals surface area contributed by atoms with Crippen LogP contribution in [0.1, 0.15) is 37.7 Å². The number of allylic oxidation sites excluding steroid dienone is 1. The largest absolute Gasteiger partial charge is 0.347 e. The summed E-state index contributed by atoms with van der Waals surface area (Å²) in [6, 6.07) is 4.51. The highest BCUT2D eigenvalue weighted by Gasteiger charge is 2.28. The van der Waals surface area contributed by atoms with E-state index in [1.54, 1.807) is 12.1 Å². The van der Waals surface area contributed by atoms with E-state index < -0.39 is 5.82 Å². The van der Waals surface area contributed by atoms with Gasteiger partial charge in [-0.2, -0.15) is 4.83 Å².